The van der Waals surface area contributed by atoms with Crippen molar-refractivity contribution >= 4 is 22.8 Å². The van der Waals surface area contributed by atoms with Crippen molar-refractivity contribution in [1.29, 1.82) is 0 Å². The lowest BCUT2D eigenvalue weighted by atomic mass is 9.99. The van der Waals surface area contributed by atoms with Crippen LogP contribution in [0.4, 0.5) is 0 Å². The van der Waals surface area contributed by atoms with E-state index in [1.807, 2.05) is 6.07 Å². The number of furan rings is 1. The molecule has 0 unspecified atom stereocenters. The summed E-state index contributed by atoms with van der Waals surface area (Å²) in [6.07, 6.45) is -3.12. The molecule has 9 nitrogen and oxygen atoms in total. The zero-order valence-corrected chi connectivity index (χ0v) is 17.7. The summed E-state index contributed by atoms with van der Waals surface area (Å²) in [4.78, 5) is 13.0. The summed E-state index contributed by atoms with van der Waals surface area (Å²) >= 11 is 0. The first-order chi connectivity index (χ1) is 15.8. The molecule has 174 valence electrons. The van der Waals surface area contributed by atoms with Gasteiger partial charge < -0.3 is 39.4 Å². The third-order valence-electron chi connectivity index (χ3n) is 5.47. The number of rotatable bonds is 6. The molecule has 0 radical (unpaired) electrons. The van der Waals surface area contributed by atoms with Crippen molar-refractivity contribution in [2.45, 2.75) is 37.6 Å². The van der Waals surface area contributed by atoms with Gasteiger partial charge in [-0.15, -0.1) is 0 Å². The Hall–Kier alpha value is -3.21. The minimum atomic E-state index is -1.66. The van der Waals surface area contributed by atoms with Gasteiger partial charge in [-0.3, -0.25) is 4.79 Å². The highest BCUT2D eigenvalue weighted by Crippen LogP contribution is 2.33. The number of ether oxygens (including phenoxy) is 2. The number of phenolic OH excluding ortho intramolecular Hbond substituents is 1. The molecular weight excluding hydrogens is 432 g/mol. The molecule has 2 aromatic carbocycles. The van der Waals surface area contributed by atoms with Crippen molar-refractivity contribution in [2.75, 3.05) is 6.61 Å². The first-order valence-corrected chi connectivity index (χ1v) is 10.3. The topological polar surface area (TPSA) is 150 Å². The summed E-state index contributed by atoms with van der Waals surface area (Å²) in [6.45, 7) is 1.05. The van der Waals surface area contributed by atoms with Gasteiger partial charge in [-0.1, -0.05) is 12.1 Å². The number of carbonyl (C=O) groups is 1. The van der Waals surface area contributed by atoms with Crippen LogP contribution in [-0.2, 0) is 4.74 Å². The number of aromatic hydroxyl groups is 1. The number of hydrogen-bond acceptors (Lipinski definition) is 9. The molecule has 0 bridgehead atoms. The fourth-order valence-electron chi connectivity index (χ4n) is 3.71. The minimum Gasteiger partial charge on any atom is -0.507 e. The molecule has 0 saturated carbocycles. The van der Waals surface area contributed by atoms with Crippen molar-refractivity contribution in [2.24, 2.45) is 0 Å². The lowest BCUT2D eigenvalue weighted by molar-refractivity contribution is -0.277. The summed E-state index contributed by atoms with van der Waals surface area (Å²) in [5, 5.41) is 50.9. The molecule has 0 spiro atoms. The molecule has 1 aromatic heterocycles. The molecule has 4 rings (SSSR count). The van der Waals surface area contributed by atoms with E-state index in [-0.39, 0.29) is 17.1 Å². The van der Waals surface area contributed by atoms with E-state index >= 15 is 0 Å². The van der Waals surface area contributed by atoms with Gasteiger partial charge in [-0.2, -0.15) is 0 Å². The monoisotopic (exact) mass is 456 g/mol. The second-order valence-electron chi connectivity index (χ2n) is 7.89. The molecule has 0 aliphatic carbocycles. The van der Waals surface area contributed by atoms with E-state index in [9.17, 15) is 30.3 Å². The van der Waals surface area contributed by atoms with Crippen LogP contribution in [0.15, 0.2) is 53.2 Å². The van der Waals surface area contributed by atoms with Crippen molar-refractivity contribution in [1.82, 2.24) is 0 Å². The smallest absolute Gasteiger partial charge is 0.229 e. The molecule has 1 saturated heterocycles. The number of benzene rings is 2. The Morgan fingerprint density at radius 3 is 2.64 bits per heavy atom. The lowest BCUT2D eigenvalue weighted by Gasteiger charge is -2.39. The maximum absolute atomic E-state index is 13.0. The van der Waals surface area contributed by atoms with Crippen LogP contribution in [-0.4, -0.2) is 68.6 Å². The van der Waals surface area contributed by atoms with Crippen LogP contribution < -0.4 is 4.74 Å². The van der Waals surface area contributed by atoms with Crippen LogP contribution in [0.2, 0.25) is 0 Å². The number of allylic oxidation sites excluding steroid dienone is 1. The normalized spacial score (nSPS) is 25.5. The maximum atomic E-state index is 13.0. The summed E-state index contributed by atoms with van der Waals surface area (Å²) < 4.78 is 16.3. The zero-order valence-electron chi connectivity index (χ0n) is 17.7. The van der Waals surface area contributed by atoms with E-state index in [1.165, 1.54) is 18.2 Å². The van der Waals surface area contributed by atoms with E-state index in [0.717, 1.165) is 10.9 Å². The SMILES string of the molecule is Cc1cc(O)c(C(=O)/C=C/c2ccc3occc3c2)c(O[C@@H]2O[C@H](CO)[C@@H](O)[C@H](O)[C@H]2O)c1. The number of phenols is 1. The first-order valence-electron chi connectivity index (χ1n) is 10.3. The Morgan fingerprint density at radius 1 is 1.09 bits per heavy atom. The van der Waals surface area contributed by atoms with Gasteiger partial charge in [0, 0.05) is 5.39 Å². The predicted octanol–water partition coefficient (Wildman–Crippen LogP) is 1.52. The number of fused-ring (bicyclic) bond motifs is 1. The van der Waals surface area contributed by atoms with Gasteiger partial charge in [0.2, 0.25) is 6.29 Å². The van der Waals surface area contributed by atoms with Crippen LogP contribution in [0.25, 0.3) is 17.0 Å². The molecule has 5 N–H and O–H groups in total. The minimum absolute atomic E-state index is 0.0863. The quantitative estimate of drug-likeness (QED) is 0.275. The molecular formula is C24H24O9. The Labute approximate surface area is 188 Å². The first kappa shape index (κ1) is 23.0. The van der Waals surface area contributed by atoms with Gasteiger partial charge in [0.05, 0.1) is 12.9 Å². The molecule has 33 heavy (non-hydrogen) atoms. The average molecular weight is 456 g/mol. The highest BCUT2D eigenvalue weighted by molar-refractivity contribution is 6.10. The van der Waals surface area contributed by atoms with Gasteiger partial charge >= 0.3 is 0 Å². The second-order valence-corrected chi connectivity index (χ2v) is 7.89. The summed E-state index contributed by atoms with van der Waals surface area (Å²) in [6, 6.07) is 10.0. The Bertz CT molecular complexity index is 1180. The third kappa shape index (κ3) is 4.63. The zero-order chi connectivity index (χ0) is 23.7. The van der Waals surface area contributed by atoms with E-state index in [0.29, 0.717) is 11.1 Å². The van der Waals surface area contributed by atoms with E-state index in [4.69, 9.17) is 13.9 Å². The van der Waals surface area contributed by atoms with E-state index in [2.05, 4.69) is 0 Å². The van der Waals surface area contributed by atoms with E-state index in [1.54, 1.807) is 37.5 Å². The largest absolute Gasteiger partial charge is 0.507 e. The van der Waals surface area contributed by atoms with Gasteiger partial charge in [-0.05, 0) is 54.5 Å². The van der Waals surface area contributed by atoms with Crippen LogP contribution in [0.5, 0.6) is 11.5 Å². The summed E-state index contributed by atoms with van der Waals surface area (Å²) in [7, 11) is 0. The summed E-state index contributed by atoms with van der Waals surface area (Å²) in [5.41, 5.74) is 1.85. The molecule has 1 aliphatic heterocycles. The van der Waals surface area contributed by atoms with E-state index < -0.39 is 43.1 Å². The van der Waals surface area contributed by atoms with Gasteiger partial charge in [0.15, 0.2) is 5.78 Å². The molecule has 1 aliphatic rings. The third-order valence-corrected chi connectivity index (χ3v) is 5.47. The standard InChI is InChI=1S/C24H24O9/c1-12-8-16(27)20(15(26)4-2-13-3-5-17-14(10-13)6-7-31-17)18(9-12)32-24-23(30)22(29)21(28)19(11-25)33-24/h2-10,19,21-25,27-30H,11H2,1H3/b4-2+/t19-,21-,22+,23-,24-/m1/s1. The van der Waals surface area contributed by atoms with Crippen LogP contribution in [0.3, 0.4) is 0 Å². The van der Waals surface area contributed by atoms with Gasteiger partial charge in [0.1, 0.15) is 47.1 Å². The lowest BCUT2D eigenvalue weighted by Crippen LogP contribution is -2.60. The number of aliphatic hydroxyl groups excluding tert-OH is 4. The number of hydrogen-bond donors (Lipinski definition) is 5. The summed E-state index contributed by atoms with van der Waals surface area (Å²) in [5.74, 6) is -0.995. The van der Waals surface area contributed by atoms with Crippen molar-refractivity contribution < 1.29 is 44.2 Å². The van der Waals surface area contributed by atoms with Crippen LogP contribution >= 0.6 is 0 Å². The molecule has 0 amide bonds. The fraction of sp³-hybridized carbons (Fsp3) is 0.292. The molecule has 2 heterocycles. The Kier molecular flexibility index (Phi) is 6.50. The highest BCUT2D eigenvalue weighted by Gasteiger charge is 2.45. The van der Waals surface area contributed by atoms with Crippen molar-refractivity contribution in [3.05, 3.63) is 65.4 Å². The molecule has 9 heteroatoms. The average Bonchev–Trinajstić information content (AvgIpc) is 3.25. The van der Waals surface area contributed by atoms with Crippen molar-refractivity contribution in [3.63, 3.8) is 0 Å². The fourth-order valence-corrected chi connectivity index (χ4v) is 3.71. The van der Waals surface area contributed by atoms with Crippen LogP contribution in [0.1, 0.15) is 21.5 Å². The number of ketones is 1. The number of aryl methyl sites for hydroxylation is 1. The molecule has 3 aromatic rings. The van der Waals surface area contributed by atoms with Gasteiger partial charge in [0.25, 0.3) is 0 Å². The van der Waals surface area contributed by atoms with Crippen LogP contribution in [0, 0.1) is 6.92 Å². The van der Waals surface area contributed by atoms with Crippen molar-refractivity contribution in [3.8, 4) is 11.5 Å². The highest BCUT2D eigenvalue weighted by atomic mass is 16.7. The van der Waals surface area contributed by atoms with Gasteiger partial charge in [-0.25, -0.2) is 0 Å². The predicted molar refractivity (Wildman–Crippen MR) is 117 cm³/mol. The maximum Gasteiger partial charge on any atom is 0.229 e. The molecule has 1 fully saturated rings. The number of carbonyl (C=O) groups excluding carboxylic acids is 1. The Morgan fingerprint density at radius 2 is 1.88 bits per heavy atom. The number of aliphatic hydroxyl groups is 4. The molecule has 5 atom stereocenters. The second kappa shape index (κ2) is 9.34. The Balaban J connectivity index is 1.61.